The van der Waals surface area contributed by atoms with E-state index in [1.54, 1.807) is 41.5 Å². The molecule has 1 aliphatic rings. The number of amides is 2. The van der Waals surface area contributed by atoms with Gasteiger partial charge in [-0.3, -0.25) is 4.79 Å². The van der Waals surface area contributed by atoms with Gasteiger partial charge in [-0.25, -0.2) is 24.5 Å². The van der Waals surface area contributed by atoms with Gasteiger partial charge >= 0.3 is 18.2 Å². The van der Waals surface area contributed by atoms with Crippen molar-refractivity contribution in [3.8, 4) is 0 Å². The van der Waals surface area contributed by atoms with Crippen molar-refractivity contribution in [3.05, 3.63) is 18.0 Å². The largest absolute Gasteiger partial charge is 0.459 e. The number of imide groups is 1. The Bertz CT molecular complexity index is 871. The lowest BCUT2D eigenvalue weighted by atomic mass is 10.1. The molecule has 2 amide bonds. The van der Waals surface area contributed by atoms with Crippen LogP contribution in [0.15, 0.2) is 12.4 Å². The van der Waals surface area contributed by atoms with Crippen molar-refractivity contribution in [1.82, 2.24) is 20.2 Å². The summed E-state index contributed by atoms with van der Waals surface area (Å²) in [6.07, 6.45) is 1.43. The lowest BCUT2D eigenvalue weighted by Gasteiger charge is -2.34. The summed E-state index contributed by atoms with van der Waals surface area (Å²) in [5.74, 6) is 0.106. The lowest BCUT2D eigenvalue weighted by molar-refractivity contribution is -0.157. The van der Waals surface area contributed by atoms with Crippen LogP contribution in [0, 0.1) is 0 Å². The number of nitrogens with one attached hydrogen (secondary N) is 1. The van der Waals surface area contributed by atoms with Crippen LogP contribution >= 0.6 is 0 Å². The molecular weight excluding hydrogens is 454 g/mol. The fourth-order valence-corrected chi connectivity index (χ4v) is 3.08. The predicted molar refractivity (Wildman–Crippen MR) is 130 cm³/mol. The highest BCUT2D eigenvalue weighted by atomic mass is 16.6. The summed E-state index contributed by atoms with van der Waals surface area (Å²) in [6.45, 7) is 17.2. The fourth-order valence-electron chi connectivity index (χ4n) is 3.08. The van der Waals surface area contributed by atoms with E-state index in [2.05, 4.69) is 15.3 Å². The minimum atomic E-state index is -0.821. The molecule has 1 fully saturated rings. The summed E-state index contributed by atoms with van der Waals surface area (Å²) in [6, 6.07) is -0.499. The van der Waals surface area contributed by atoms with Crippen LogP contribution in [0.1, 0.15) is 67.9 Å². The second kappa shape index (κ2) is 10.8. The van der Waals surface area contributed by atoms with Crippen molar-refractivity contribution in [2.24, 2.45) is 0 Å². The van der Waals surface area contributed by atoms with Crippen LogP contribution in [0.3, 0.4) is 0 Å². The molecule has 35 heavy (non-hydrogen) atoms. The van der Waals surface area contributed by atoms with E-state index in [9.17, 15) is 14.4 Å². The third-order valence-corrected chi connectivity index (χ3v) is 4.41. The van der Waals surface area contributed by atoms with Crippen molar-refractivity contribution < 1.29 is 28.6 Å². The van der Waals surface area contributed by atoms with Crippen molar-refractivity contribution in [2.75, 3.05) is 24.5 Å². The van der Waals surface area contributed by atoms with Crippen LogP contribution < -0.4 is 10.2 Å². The molecular formula is C24H39N5O6. The highest BCUT2D eigenvalue weighted by Gasteiger charge is 2.32. The van der Waals surface area contributed by atoms with Gasteiger partial charge in [0.25, 0.3) is 0 Å². The lowest BCUT2D eigenvalue weighted by Crippen LogP contribution is -2.56. The third-order valence-electron chi connectivity index (χ3n) is 4.41. The number of hydrogen-bond acceptors (Lipinski definition) is 10. The van der Waals surface area contributed by atoms with Gasteiger partial charge in [0.15, 0.2) is 0 Å². The Labute approximate surface area is 207 Å². The second-order valence-electron chi connectivity index (χ2n) is 11.4. The zero-order valence-electron chi connectivity index (χ0n) is 22.3. The van der Waals surface area contributed by atoms with Crippen molar-refractivity contribution >= 4 is 24.1 Å². The van der Waals surface area contributed by atoms with E-state index in [1.807, 2.05) is 25.7 Å². The summed E-state index contributed by atoms with van der Waals surface area (Å²) in [4.78, 5) is 49.4. The zero-order valence-corrected chi connectivity index (χ0v) is 22.3. The molecule has 0 aliphatic carbocycles. The zero-order chi connectivity index (χ0) is 26.6. The topological polar surface area (TPSA) is 123 Å². The molecule has 0 radical (unpaired) electrons. The monoisotopic (exact) mass is 493 g/mol. The Morgan fingerprint density at radius 1 is 0.914 bits per heavy atom. The van der Waals surface area contributed by atoms with Crippen LogP contribution in [0.5, 0.6) is 0 Å². The summed E-state index contributed by atoms with van der Waals surface area (Å²) >= 11 is 0. The van der Waals surface area contributed by atoms with E-state index >= 15 is 0 Å². The maximum absolute atomic E-state index is 12.7. The maximum Gasteiger partial charge on any atom is 0.420 e. The molecule has 2 heterocycles. The van der Waals surface area contributed by atoms with Gasteiger partial charge in [-0.1, -0.05) is 0 Å². The minimum Gasteiger partial charge on any atom is -0.459 e. The first-order chi connectivity index (χ1) is 15.9. The molecule has 0 bridgehead atoms. The van der Waals surface area contributed by atoms with Gasteiger partial charge < -0.3 is 24.4 Å². The molecule has 1 N–H and O–H groups in total. The number of carbonyl (C=O) groups excluding carboxylic acids is 3. The molecule has 0 spiro atoms. The average Bonchev–Trinajstić information content (AvgIpc) is 2.68. The summed E-state index contributed by atoms with van der Waals surface area (Å²) < 4.78 is 16.2. The molecule has 1 aromatic heterocycles. The Hall–Kier alpha value is -2.95. The van der Waals surface area contributed by atoms with Crippen molar-refractivity contribution in [1.29, 1.82) is 0 Å². The van der Waals surface area contributed by atoms with Gasteiger partial charge in [0.05, 0.1) is 6.54 Å². The first-order valence-corrected chi connectivity index (χ1v) is 11.7. The second-order valence-corrected chi connectivity index (χ2v) is 11.4. The number of carbonyl (C=O) groups is 3. The molecule has 0 saturated carbocycles. The fraction of sp³-hybridized carbons (Fsp3) is 0.708. The van der Waals surface area contributed by atoms with Gasteiger partial charge in [-0.05, 0) is 62.3 Å². The Morgan fingerprint density at radius 3 is 1.86 bits per heavy atom. The number of ether oxygens (including phenoxy) is 3. The number of aromatic nitrogens is 2. The van der Waals surface area contributed by atoms with Gasteiger partial charge in [-0.15, -0.1) is 0 Å². The molecule has 1 aliphatic heterocycles. The Kier molecular flexibility index (Phi) is 8.70. The van der Waals surface area contributed by atoms with Crippen LogP contribution in [0.25, 0.3) is 0 Å². The standard InChI is InChI=1S/C24H39N5O6/c1-22(2,3)33-18(30)17-15-28(11-10-25-17)19-26-12-16(13-27-19)14-29(20(31)34-23(4,5)6)21(32)35-24(7,8)9/h12-13,17,25H,10-11,14-15H2,1-9H3/t17-/m0/s1. The Morgan fingerprint density at radius 2 is 1.40 bits per heavy atom. The number of anilines is 1. The highest BCUT2D eigenvalue weighted by Crippen LogP contribution is 2.18. The molecule has 1 atom stereocenters. The highest BCUT2D eigenvalue weighted by molar-refractivity contribution is 5.88. The summed E-state index contributed by atoms with van der Waals surface area (Å²) in [5, 5.41) is 3.16. The normalized spacial score (nSPS) is 16.9. The molecule has 0 aromatic carbocycles. The van der Waals surface area contributed by atoms with Crippen LogP contribution in [0.2, 0.25) is 0 Å². The predicted octanol–water partition coefficient (Wildman–Crippen LogP) is 3.27. The summed E-state index contributed by atoms with van der Waals surface area (Å²) in [5.41, 5.74) is -1.63. The van der Waals surface area contributed by atoms with Gasteiger partial charge in [-0.2, -0.15) is 0 Å². The quantitative estimate of drug-likeness (QED) is 0.494. The molecule has 11 nitrogen and oxygen atoms in total. The van der Waals surface area contributed by atoms with Crippen molar-refractivity contribution in [3.63, 3.8) is 0 Å². The summed E-state index contributed by atoms with van der Waals surface area (Å²) in [7, 11) is 0. The van der Waals surface area contributed by atoms with E-state index < -0.39 is 35.0 Å². The van der Waals surface area contributed by atoms with Crippen LogP contribution in [-0.4, -0.2) is 75.5 Å². The molecule has 196 valence electrons. The Balaban J connectivity index is 2.13. The molecule has 2 rings (SSSR count). The van der Waals surface area contributed by atoms with Gasteiger partial charge in [0.2, 0.25) is 5.95 Å². The van der Waals surface area contributed by atoms with E-state index in [1.165, 1.54) is 12.4 Å². The van der Waals surface area contributed by atoms with Crippen molar-refractivity contribution in [2.45, 2.75) is 91.7 Å². The number of esters is 1. The van der Waals surface area contributed by atoms with E-state index in [0.29, 0.717) is 31.1 Å². The number of nitrogens with zero attached hydrogens (tertiary/aromatic N) is 4. The first-order valence-electron chi connectivity index (χ1n) is 11.7. The average molecular weight is 494 g/mol. The third kappa shape index (κ3) is 9.67. The number of rotatable bonds is 4. The van der Waals surface area contributed by atoms with E-state index in [-0.39, 0.29) is 12.5 Å². The van der Waals surface area contributed by atoms with Crippen LogP contribution in [-0.2, 0) is 25.5 Å². The SMILES string of the molecule is CC(C)(C)OC(=O)[C@@H]1CN(c2ncc(CN(C(=O)OC(C)(C)C)C(=O)OC(C)(C)C)cn2)CCN1. The molecule has 11 heteroatoms. The molecule has 0 unspecified atom stereocenters. The van der Waals surface area contributed by atoms with Gasteiger partial charge in [0, 0.05) is 37.6 Å². The number of hydrogen-bond donors (Lipinski definition) is 1. The smallest absolute Gasteiger partial charge is 0.420 e. The maximum atomic E-state index is 12.7. The van der Waals surface area contributed by atoms with E-state index in [4.69, 9.17) is 14.2 Å². The first kappa shape index (κ1) is 28.3. The molecule has 1 aromatic rings. The van der Waals surface area contributed by atoms with E-state index in [0.717, 1.165) is 4.90 Å². The number of piperazine rings is 1. The molecule has 1 saturated heterocycles. The van der Waals surface area contributed by atoms with Gasteiger partial charge in [0.1, 0.15) is 22.8 Å². The van der Waals surface area contributed by atoms with Crippen LogP contribution in [0.4, 0.5) is 15.5 Å². The minimum absolute atomic E-state index is 0.119.